The maximum atomic E-state index is 12.0. The summed E-state index contributed by atoms with van der Waals surface area (Å²) >= 11 is 6.10. The molecule has 110 valence electrons. The molecule has 2 rings (SSSR count). The molecule has 0 saturated heterocycles. The predicted octanol–water partition coefficient (Wildman–Crippen LogP) is 2.71. The molecule has 1 N–H and O–H groups in total. The maximum absolute atomic E-state index is 12.0. The number of ether oxygens (including phenoxy) is 1. The van der Waals surface area contributed by atoms with E-state index in [-0.39, 0.29) is 22.9 Å². The summed E-state index contributed by atoms with van der Waals surface area (Å²) in [4.78, 5) is 23.0. The fourth-order valence-electron chi connectivity index (χ4n) is 1.84. The first kappa shape index (κ1) is 15.1. The second-order valence-electron chi connectivity index (χ2n) is 4.24. The summed E-state index contributed by atoms with van der Waals surface area (Å²) < 4.78 is 6.26. The lowest BCUT2D eigenvalue weighted by atomic mass is 10.2. The highest BCUT2D eigenvalue weighted by Crippen LogP contribution is 2.24. The van der Waals surface area contributed by atoms with Gasteiger partial charge in [0.25, 0.3) is 0 Å². The Morgan fingerprint density at radius 2 is 2.14 bits per heavy atom. The molecular formula is C14H13ClN2O4. The van der Waals surface area contributed by atoms with Gasteiger partial charge in [0.05, 0.1) is 28.6 Å². The topological polar surface area (TPSA) is 81.4 Å². The van der Waals surface area contributed by atoms with Gasteiger partial charge in [-0.3, -0.25) is 0 Å². The van der Waals surface area contributed by atoms with E-state index < -0.39 is 11.9 Å². The normalized spacial score (nSPS) is 10.4. The van der Waals surface area contributed by atoms with Crippen molar-refractivity contribution in [1.29, 1.82) is 0 Å². The van der Waals surface area contributed by atoms with Gasteiger partial charge in [-0.25, -0.2) is 14.3 Å². The van der Waals surface area contributed by atoms with E-state index in [9.17, 15) is 9.59 Å². The number of carbonyl (C=O) groups is 2. The van der Waals surface area contributed by atoms with E-state index >= 15 is 0 Å². The van der Waals surface area contributed by atoms with Gasteiger partial charge < -0.3 is 9.84 Å². The van der Waals surface area contributed by atoms with E-state index in [0.29, 0.717) is 11.4 Å². The van der Waals surface area contributed by atoms with Gasteiger partial charge in [0.2, 0.25) is 0 Å². The highest BCUT2D eigenvalue weighted by Gasteiger charge is 2.23. The molecule has 21 heavy (non-hydrogen) atoms. The summed E-state index contributed by atoms with van der Waals surface area (Å²) in [5, 5.41) is 13.4. The summed E-state index contributed by atoms with van der Waals surface area (Å²) in [5.41, 5.74) is 1.05. The molecule has 0 fully saturated rings. The number of esters is 1. The van der Waals surface area contributed by atoms with E-state index in [1.54, 1.807) is 26.0 Å². The molecule has 1 heterocycles. The first-order valence-corrected chi connectivity index (χ1v) is 6.59. The standard InChI is InChI=1S/C14H13ClN2O4/c1-3-21-14(20)12-11(15)8(2)16-17(12)10-6-4-5-9(7-10)13(18)19/h4-7H,3H2,1-2H3,(H,18,19). The van der Waals surface area contributed by atoms with Crippen LogP contribution in [0.1, 0.15) is 33.5 Å². The van der Waals surface area contributed by atoms with Crippen LogP contribution in [0.5, 0.6) is 0 Å². The number of aromatic nitrogens is 2. The molecule has 0 radical (unpaired) electrons. The Morgan fingerprint density at radius 3 is 2.76 bits per heavy atom. The second kappa shape index (κ2) is 5.97. The van der Waals surface area contributed by atoms with Crippen molar-refractivity contribution in [2.75, 3.05) is 6.61 Å². The lowest BCUT2D eigenvalue weighted by molar-refractivity contribution is 0.0515. The smallest absolute Gasteiger partial charge is 0.358 e. The number of hydrogen-bond donors (Lipinski definition) is 1. The van der Waals surface area contributed by atoms with Crippen molar-refractivity contribution < 1.29 is 19.4 Å². The van der Waals surface area contributed by atoms with Crippen LogP contribution in [0.3, 0.4) is 0 Å². The number of benzene rings is 1. The zero-order valence-electron chi connectivity index (χ0n) is 11.5. The third kappa shape index (κ3) is 2.90. The van der Waals surface area contributed by atoms with E-state index in [1.165, 1.54) is 16.8 Å². The van der Waals surface area contributed by atoms with Crippen LogP contribution < -0.4 is 0 Å². The Hall–Kier alpha value is -2.34. The zero-order valence-corrected chi connectivity index (χ0v) is 12.2. The van der Waals surface area contributed by atoms with Gasteiger partial charge in [-0.1, -0.05) is 17.7 Å². The molecular weight excluding hydrogens is 296 g/mol. The van der Waals surface area contributed by atoms with E-state index in [0.717, 1.165) is 0 Å². The maximum Gasteiger partial charge on any atom is 0.358 e. The van der Waals surface area contributed by atoms with Crippen LogP contribution in [0.4, 0.5) is 0 Å². The Morgan fingerprint density at radius 1 is 1.43 bits per heavy atom. The Bertz CT molecular complexity index is 709. The molecule has 0 amide bonds. The number of aryl methyl sites for hydroxylation is 1. The zero-order chi connectivity index (χ0) is 15.6. The summed E-state index contributed by atoms with van der Waals surface area (Å²) in [7, 11) is 0. The molecule has 1 aromatic carbocycles. The number of halogens is 1. The van der Waals surface area contributed by atoms with Crippen LogP contribution in [0.15, 0.2) is 24.3 Å². The SMILES string of the molecule is CCOC(=O)c1c(Cl)c(C)nn1-c1cccc(C(=O)O)c1. The first-order chi connectivity index (χ1) is 9.95. The minimum atomic E-state index is -1.07. The minimum Gasteiger partial charge on any atom is -0.478 e. The van der Waals surface area contributed by atoms with Crippen molar-refractivity contribution in [2.45, 2.75) is 13.8 Å². The van der Waals surface area contributed by atoms with Crippen LogP contribution in [0, 0.1) is 6.92 Å². The number of nitrogens with zero attached hydrogens (tertiary/aromatic N) is 2. The fourth-order valence-corrected chi connectivity index (χ4v) is 2.04. The van der Waals surface area contributed by atoms with Gasteiger partial charge in [-0.05, 0) is 32.0 Å². The second-order valence-corrected chi connectivity index (χ2v) is 4.61. The van der Waals surface area contributed by atoms with Crippen molar-refractivity contribution >= 4 is 23.5 Å². The molecule has 0 spiro atoms. The molecule has 6 nitrogen and oxygen atoms in total. The van der Waals surface area contributed by atoms with Crippen molar-refractivity contribution in [2.24, 2.45) is 0 Å². The number of aromatic carboxylic acids is 1. The van der Waals surface area contributed by atoms with Gasteiger partial charge in [0.1, 0.15) is 0 Å². The minimum absolute atomic E-state index is 0.0820. The van der Waals surface area contributed by atoms with Crippen LogP contribution in [0.2, 0.25) is 5.02 Å². The number of carbonyl (C=O) groups excluding carboxylic acids is 1. The number of carboxylic acid groups (broad SMARTS) is 1. The van der Waals surface area contributed by atoms with E-state index in [1.807, 2.05) is 0 Å². The molecule has 0 aliphatic heterocycles. The van der Waals surface area contributed by atoms with Gasteiger partial charge >= 0.3 is 11.9 Å². The monoisotopic (exact) mass is 308 g/mol. The van der Waals surface area contributed by atoms with Crippen LogP contribution in [-0.4, -0.2) is 33.4 Å². The van der Waals surface area contributed by atoms with E-state index in [4.69, 9.17) is 21.4 Å². The Kier molecular flexibility index (Phi) is 4.28. The summed E-state index contributed by atoms with van der Waals surface area (Å²) in [5.74, 6) is -1.67. The number of hydrogen-bond acceptors (Lipinski definition) is 4. The highest BCUT2D eigenvalue weighted by atomic mass is 35.5. The van der Waals surface area contributed by atoms with Gasteiger partial charge in [-0.15, -0.1) is 0 Å². The number of carboxylic acids is 1. The summed E-state index contributed by atoms with van der Waals surface area (Å²) in [6, 6.07) is 6.07. The summed E-state index contributed by atoms with van der Waals surface area (Å²) in [6.45, 7) is 3.54. The van der Waals surface area contributed by atoms with Crippen molar-refractivity contribution in [3.8, 4) is 5.69 Å². The van der Waals surface area contributed by atoms with Gasteiger partial charge in [0.15, 0.2) is 5.69 Å². The molecule has 0 unspecified atom stereocenters. The molecule has 1 aromatic heterocycles. The molecule has 0 aliphatic carbocycles. The van der Waals surface area contributed by atoms with Crippen LogP contribution in [-0.2, 0) is 4.74 Å². The average molecular weight is 309 g/mol. The highest BCUT2D eigenvalue weighted by molar-refractivity contribution is 6.34. The molecule has 0 atom stereocenters. The first-order valence-electron chi connectivity index (χ1n) is 6.21. The Labute approximate surface area is 125 Å². The van der Waals surface area contributed by atoms with Crippen LogP contribution >= 0.6 is 11.6 Å². The van der Waals surface area contributed by atoms with Crippen LogP contribution in [0.25, 0.3) is 5.69 Å². The predicted molar refractivity (Wildman–Crippen MR) is 76.2 cm³/mol. The molecule has 2 aromatic rings. The quantitative estimate of drug-likeness (QED) is 0.878. The largest absolute Gasteiger partial charge is 0.478 e. The lowest BCUT2D eigenvalue weighted by Crippen LogP contribution is -2.13. The van der Waals surface area contributed by atoms with E-state index in [2.05, 4.69) is 5.10 Å². The summed E-state index contributed by atoms with van der Waals surface area (Å²) in [6.07, 6.45) is 0. The van der Waals surface area contributed by atoms with Gasteiger partial charge in [-0.2, -0.15) is 5.10 Å². The number of rotatable bonds is 4. The fraction of sp³-hybridized carbons (Fsp3) is 0.214. The van der Waals surface area contributed by atoms with Crippen molar-refractivity contribution in [3.63, 3.8) is 0 Å². The Balaban J connectivity index is 2.59. The molecule has 0 saturated carbocycles. The van der Waals surface area contributed by atoms with Crippen molar-refractivity contribution in [1.82, 2.24) is 9.78 Å². The lowest BCUT2D eigenvalue weighted by Gasteiger charge is -2.08. The van der Waals surface area contributed by atoms with Crippen molar-refractivity contribution in [3.05, 3.63) is 46.2 Å². The van der Waals surface area contributed by atoms with Gasteiger partial charge in [0, 0.05) is 0 Å². The third-order valence-corrected chi connectivity index (χ3v) is 3.25. The molecule has 7 heteroatoms. The molecule has 0 aliphatic rings. The third-order valence-electron chi connectivity index (χ3n) is 2.79. The molecule has 0 bridgehead atoms. The average Bonchev–Trinajstić information content (AvgIpc) is 2.75.